The molecule has 0 fully saturated rings. The Morgan fingerprint density at radius 3 is 1.81 bits per heavy atom. The quantitative estimate of drug-likeness (QED) is 0.0565. The lowest BCUT2D eigenvalue weighted by atomic mass is 10.0. The average Bonchev–Trinajstić information content (AvgIpc) is 3.00. The number of rotatable bonds is 20. The van der Waals surface area contributed by atoms with Gasteiger partial charge < -0.3 is 9.47 Å². The Balaban J connectivity index is 1.27. The van der Waals surface area contributed by atoms with Crippen molar-refractivity contribution in [1.29, 1.82) is 0 Å². The van der Waals surface area contributed by atoms with Crippen LogP contribution in [0.15, 0.2) is 77.0 Å². The maximum absolute atomic E-state index is 13.0. The second-order valence-corrected chi connectivity index (χ2v) is 11.1. The molecule has 0 saturated carbocycles. The van der Waals surface area contributed by atoms with Crippen LogP contribution in [0.3, 0.4) is 0 Å². The van der Waals surface area contributed by atoms with Crippen LogP contribution in [0.1, 0.15) is 107 Å². The molecule has 0 unspecified atom stereocenters. The number of ether oxygens (including phenoxy) is 2. The van der Waals surface area contributed by atoms with Crippen LogP contribution in [0.2, 0.25) is 5.02 Å². The van der Waals surface area contributed by atoms with E-state index in [2.05, 4.69) is 17.2 Å². The van der Waals surface area contributed by atoms with Gasteiger partial charge in [-0.3, -0.25) is 0 Å². The van der Waals surface area contributed by atoms with Gasteiger partial charge in [-0.25, -0.2) is 9.18 Å². The van der Waals surface area contributed by atoms with E-state index in [0.717, 1.165) is 12.2 Å². The summed E-state index contributed by atoms with van der Waals surface area (Å²) in [4.78, 5) is 12.6. The minimum Gasteiger partial charge on any atom is -0.494 e. The molecule has 0 aromatic heterocycles. The molecule has 0 aliphatic rings. The van der Waals surface area contributed by atoms with E-state index in [4.69, 9.17) is 21.1 Å². The number of nitrogens with zero attached hydrogens (tertiary/aromatic N) is 2. The van der Waals surface area contributed by atoms with Gasteiger partial charge in [0.15, 0.2) is 0 Å². The van der Waals surface area contributed by atoms with Gasteiger partial charge in [-0.15, -0.1) is 5.11 Å². The molecule has 226 valence electrons. The molecule has 42 heavy (non-hydrogen) atoms. The van der Waals surface area contributed by atoms with E-state index in [1.807, 2.05) is 0 Å². The number of halogens is 2. The second kappa shape index (κ2) is 19.8. The fourth-order valence-electron chi connectivity index (χ4n) is 4.59. The highest BCUT2D eigenvalue weighted by Crippen LogP contribution is 2.31. The van der Waals surface area contributed by atoms with Crippen molar-refractivity contribution in [3.05, 3.63) is 83.1 Å². The first kappa shape index (κ1) is 33.3. The molecule has 0 heterocycles. The summed E-state index contributed by atoms with van der Waals surface area (Å²) in [5, 5.41) is 8.40. The van der Waals surface area contributed by atoms with Crippen LogP contribution in [0.25, 0.3) is 0 Å². The SMILES string of the molecule is CCCCCCCCCCCCCCCCOc1ccc(C(=O)Oc2ccc(N=Nc3ccc(F)cc3)c(Cl)c2)cc1. The van der Waals surface area contributed by atoms with E-state index in [1.165, 1.54) is 114 Å². The normalized spacial score (nSPS) is 11.2. The third kappa shape index (κ3) is 13.2. The van der Waals surface area contributed by atoms with Crippen LogP contribution < -0.4 is 9.47 Å². The molecule has 3 rings (SSSR count). The van der Waals surface area contributed by atoms with Crippen LogP contribution in [0, 0.1) is 5.82 Å². The minimum absolute atomic E-state index is 0.276. The lowest BCUT2D eigenvalue weighted by Gasteiger charge is -2.08. The van der Waals surface area contributed by atoms with E-state index in [1.54, 1.807) is 36.4 Å². The van der Waals surface area contributed by atoms with Crippen molar-refractivity contribution in [2.75, 3.05) is 6.61 Å². The van der Waals surface area contributed by atoms with Crippen molar-refractivity contribution in [3.8, 4) is 11.5 Å². The molecule has 3 aromatic carbocycles. The van der Waals surface area contributed by atoms with E-state index < -0.39 is 5.97 Å². The molecule has 7 heteroatoms. The highest BCUT2D eigenvalue weighted by atomic mass is 35.5. The number of carbonyl (C=O) groups excluding carboxylic acids is 1. The second-order valence-electron chi connectivity index (χ2n) is 10.6. The zero-order valence-electron chi connectivity index (χ0n) is 24.8. The summed E-state index contributed by atoms with van der Waals surface area (Å²) >= 11 is 6.28. The predicted molar refractivity (Wildman–Crippen MR) is 169 cm³/mol. The van der Waals surface area contributed by atoms with Crippen molar-refractivity contribution < 1.29 is 18.7 Å². The van der Waals surface area contributed by atoms with E-state index in [-0.39, 0.29) is 10.8 Å². The molecule has 0 spiro atoms. The standard InChI is InChI=1S/C35H44ClFN2O3/c1-2-3-4-5-6-7-8-9-10-11-12-13-14-15-26-41-31-22-16-28(17-23-31)35(40)42-32-24-25-34(33(36)27-32)39-38-30-20-18-29(37)19-21-30/h16-25,27H,2-15,26H2,1H3. The van der Waals surface area contributed by atoms with Crippen LogP contribution in [0.4, 0.5) is 15.8 Å². The fourth-order valence-corrected chi connectivity index (χ4v) is 4.80. The number of unbranched alkanes of at least 4 members (excludes halogenated alkanes) is 13. The van der Waals surface area contributed by atoms with Crippen molar-refractivity contribution >= 4 is 28.9 Å². The predicted octanol–water partition coefficient (Wildman–Crippen LogP) is 12.0. The highest BCUT2D eigenvalue weighted by molar-refractivity contribution is 6.33. The molecule has 0 amide bonds. The molecule has 0 saturated heterocycles. The number of azo groups is 1. The van der Waals surface area contributed by atoms with Gasteiger partial charge >= 0.3 is 5.97 Å². The van der Waals surface area contributed by atoms with Crippen molar-refractivity contribution in [2.45, 2.75) is 96.8 Å². The Morgan fingerprint density at radius 2 is 1.24 bits per heavy atom. The zero-order valence-corrected chi connectivity index (χ0v) is 25.6. The van der Waals surface area contributed by atoms with Gasteiger partial charge in [-0.2, -0.15) is 5.11 Å². The number of carbonyl (C=O) groups is 1. The van der Waals surface area contributed by atoms with Crippen LogP contribution in [-0.2, 0) is 0 Å². The number of benzene rings is 3. The maximum Gasteiger partial charge on any atom is 0.343 e. The first-order valence-electron chi connectivity index (χ1n) is 15.5. The number of hydrogen-bond acceptors (Lipinski definition) is 5. The molecule has 0 aliphatic heterocycles. The molecule has 0 bridgehead atoms. The number of esters is 1. The highest BCUT2D eigenvalue weighted by Gasteiger charge is 2.11. The van der Waals surface area contributed by atoms with Gasteiger partial charge in [0, 0.05) is 6.07 Å². The molecule has 5 nitrogen and oxygen atoms in total. The van der Waals surface area contributed by atoms with Gasteiger partial charge in [0.05, 0.1) is 22.9 Å². The maximum atomic E-state index is 13.0. The van der Waals surface area contributed by atoms with Gasteiger partial charge in [0.1, 0.15) is 23.0 Å². The van der Waals surface area contributed by atoms with E-state index >= 15 is 0 Å². The molecular weight excluding hydrogens is 551 g/mol. The van der Waals surface area contributed by atoms with Crippen molar-refractivity contribution in [3.63, 3.8) is 0 Å². The first-order chi connectivity index (χ1) is 20.5. The van der Waals surface area contributed by atoms with Crippen molar-refractivity contribution in [2.24, 2.45) is 10.2 Å². The Morgan fingerprint density at radius 1 is 0.690 bits per heavy atom. The van der Waals surface area contributed by atoms with Crippen LogP contribution >= 0.6 is 11.6 Å². The zero-order chi connectivity index (χ0) is 29.8. The Labute approximate surface area is 255 Å². The smallest absolute Gasteiger partial charge is 0.343 e. The summed E-state index contributed by atoms with van der Waals surface area (Å²) in [6, 6.07) is 17.3. The number of hydrogen-bond donors (Lipinski definition) is 0. The lowest BCUT2D eigenvalue weighted by molar-refractivity contribution is 0.0734. The summed E-state index contributed by atoms with van der Waals surface area (Å²) in [7, 11) is 0. The van der Waals surface area contributed by atoms with Gasteiger partial charge in [0.25, 0.3) is 0 Å². The fraction of sp³-hybridized carbons (Fsp3) is 0.457. The first-order valence-corrected chi connectivity index (χ1v) is 15.8. The average molecular weight is 595 g/mol. The largest absolute Gasteiger partial charge is 0.494 e. The third-order valence-corrected chi connectivity index (χ3v) is 7.39. The Hall–Kier alpha value is -3.25. The van der Waals surface area contributed by atoms with Gasteiger partial charge in [-0.05, 0) is 67.1 Å². The van der Waals surface area contributed by atoms with Gasteiger partial charge in [-0.1, -0.05) is 102 Å². The minimum atomic E-state index is -0.495. The monoisotopic (exact) mass is 594 g/mol. The molecule has 0 radical (unpaired) electrons. The van der Waals surface area contributed by atoms with E-state index in [9.17, 15) is 9.18 Å². The summed E-state index contributed by atoms with van der Waals surface area (Å²) < 4.78 is 24.3. The van der Waals surface area contributed by atoms with Gasteiger partial charge in [0.2, 0.25) is 0 Å². The Kier molecular flexibility index (Phi) is 15.7. The summed E-state index contributed by atoms with van der Waals surface area (Å²) in [6.45, 7) is 2.94. The van der Waals surface area contributed by atoms with Crippen LogP contribution in [-0.4, -0.2) is 12.6 Å². The third-order valence-electron chi connectivity index (χ3n) is 7.09. The lowest BCUT2D eigenvalue weighted by Crippen LogP contribution is -2.08. The molecule has 0 aliphatic carbocycles. The molecule has 0 N–H and O–H groups in total. The topological polar surface area (TPSA) is 60.2 Å². The molecule has 0 atom stereocenters. The molecular formula is C35H44ClFN2O3. The Bertz CT molecular complexity index is 1220. The van der Waals surface area contributed by atoms with Crippen molar-refractivity contribution in [1.82, 2.24) is 0 Å². The van der Waals surface area contributed by atoms with E-state index in [0.29, 0.717) is 29.3 Å². The summed E-state index contributed by atoms with van der Waals surface area (Å²) in [5.41, 5.74) is 1.31. The summed E-state index contributed by atoms with van der Waals surface area (Å²) in [5.74, 6) is 0.190. The summed E-state index contributed by atoms with van der Waals surface area (Å²) in [6.07, 6.45) is 18.6. The van der Waals surface area contributed by atoms with Crippen LogP contribution in [0.5, 0.6) is 11.5 Å². The molecule has 3 aromatic rings.